The molecule has 22 heavy (non-hydrogen) atoms. The number of thioether (sulfide) groups is 1. The smallest absolute Gasteiger partial charge is 0.251 e. The van der Waals surface area contributed by atoms with E-state index in [-0.39, 0.29) is 23.3 Å². The van der Waals surface area contributed by atoms with Gasteiger partial charge >= 0.3 is 0 Å². The van der Waals surface area contributed by atoms with Gasteiger partial charge in [-0.1, -0.05) is 31.2 Å². The molecular weight excluding hydrogens is 318 g/mol. The number of rotatable bonds is 7. The Kier molecular flexibility index (Phi) is 6.21. The van der Waals surface area contributed by atoms with E-state index in [1.807, 2.05) is 31.4 Å². The standard InChI is InChI=1S/C15H19N3O2S2/c1-3-5-11-8-13(19)18-15(17-11)22-9-14(20)16-10(2)12-6-4-7-21-12/h4,6-8,10H,3,5,9H2,1-2H3,(H,16,20)(H,17,18,19)/t10-/m0/s1. The maximum atomic E-state index is 12.0. The minimum atomic E-state index is -0.173. The van der Waals surface area contributed by atoms with Crippen LogP contribution in [-0.2, 0) is 11.2 Å². The highest BCUT2D eigenvalue weighted by molar-refractivity contribution is 7.99. The second-order valence-corrected chi connectivity index (χ2v) is 6.83. The third kappa shape index (κ3) is 4.99. The molecule has 1 amide bonds. The normalized spacial score (nSPS) is 12.1. The first kappa shape index (κ1) is 16.8. The van der Waals surface area contributed by atoms with E-state index in [2.05, 4.69) is 15.3 Å². The highest BCUT2D eigenvalue weighted by Crippen LogP contribution is 2.18. The lowest BCUT2D eigenvalue weighted by Gasteiger charge is -2.11. The van der Waals surface area contributed by atoms with E-state index in [1.54, 1.807) is 11.3 Å². The van der Waals surface area contributed by atoms with Crippen molar-refractivity contribution in [1.82, 2.24) is 15.3 Å². The molecule has 2 N–H and O–H groups in total. The Balaban J connectivity index is 1.89. The van der Waals surface area contributed by atoms with Gasteiger partial charge in [0.25, 0.3) is 5.56 Å². The SMILES string of the molecule is CCCc1cc(=O)[nH]c(SCC(=O)N[C@@H](C)c2cccs2)n1. The van der Waals surface area contributed by atoms with Gasteiger partial charge in [0.15, 0.2) is 5.16 Å². The van der Waals surface area contributed by atoms with Crippen LogP contribution < -0.4 is 10.9 Å². The molecule has 0 fully saturated rings. The van der Waals surface area contributed by atoms with Crippen LogP contribution in [0.3, 0.4) is 0 Å². The third-order valence-electron chi connectivity index (χ3n) is 2.97. The van der Waals surface area contributed by atoms with Crippen LogP contribution in [0, 0.1) is 0 Å². The number of aryl methyl sites for hydroxylation is 1. The fraction of sp³-hybridized carbons (Fsp3) is 0.400. The van der Waals surface area contributed by atoms with Crippen LogP contribution in [0.15, 0.2) is 33.5 Å². The predicted octanol–water partition coefficient (Wildman–Crippen LogP) is 2.75. The lowest BCUT2D eigenvalue weighted by atomic mass is 10.2. The second-order valence-electron chi connectivity index (χ2n) is 4.89. The van der Waals surface area contributed by atoms with E-state index in [0.717, 1.165) is 23.4 Å². The molecular formula is C15H19N3O2S2. The van der Waals surface area contributed by atoms with Crippen molar-refractivity contribution in [1.29, 1.82) is 0 Å². The summed E-state index contributed by atoms with van der Waals surface area (Å²) in [6.07, 6.45) is 1.69. The van der Waals surface area contributed by atoms with E-state index >= 15 is 0 Å². The number of carbonyl (C=O) groups is 1. The molecule has 0 spiro atoms. The average Bonchev–Trinajstić information content (AvgIpc) is 2.99. The van der Waals surface area contributed by atoms with Gasteiger partial charge in [-0.05, 0) is 24.8 Å². The molecule has 5 nitrogen and oxygen atoms in total. The van der Waals surface area contributed by atoms with Crippen molar-refractivity contribution in [3.63, 3.8) is 0 Å². The monoisotopic (exact) mass is 337 g/mol. The zero-order chi connectivity index (χ0) is 15.9. The van der Waals surface area contributed by atoms with Gasteiger partial charge in [0, 0.05) is 16.6 Å². The Bertz CT molecular complexity index is 668. The van der Waals surface area contributed by atoms with E-state index in [1.165, 1.54) is 17.8 Å². The van der Waals surface area contributed by atoms with Gasteiger partial charge < -0.3 is 10.3 Å². The summed E-state index contributed by atoms with van der Waals surface area (Å²) in [5.74, 6) is 0.156. The summed E-state index contributed by atoms with van der Waals surface area (Å²) in [6.45, 7) is 3.99. The number of carbonyl (C=O) groups excluding carboxylic acids is 1. The fourth-order valence-corrected chi connectivity index (χ4v) is 3.40. The summed E-state index contributed by atoms with van der Waals surface area (Å²) in [7, 11) is 0. The number of nitrogens with one attached hydrogen (secondary N) is 2. The summed E-state index contributed by atoms with van der Waals surface area (Å²) in [5.41, 5.74) is 0.592. The maximum absolute atomic E-state index is 12.0. The van der Waals surface area contributed by atoms with Crippen LogP contribution in [0.2, 0.25) is 0 Å². The lowest BCUT2D eigenvalue weighted by molar-refractivity contribution is -0.119. The van der Waals surface area contributed by atoms with E-state index in [4.69, 9.17) is 0 Å². The van der Waals surface area contributed by atoms with Crippen molar-refractivity contribution in [3.05, 3.63) is 44.5 Å². The van der Waals surface area contributed by atoms with Crippen molar-refractivity contribution in [2.24, 2.45) is 0 Å². The molecule has 2 heterocycles. The Morgan fingerprint density at radius 1 is 1.55 bits per heavy atom. The Morgan fingerprint density at radius 2 is 2.36 bits per heavy atom. The summed E-state index contributed by atoms with van der Waals surface area (Å²) < 4.78 is 0. The van der Waals surface area contributed by atoms with Gasteiger partial charge in [-0.15, -0.1) is 11.3 Å². The van der Waals surface area contributed by atoms with E-state index in [9.17, 15) is 9.59 Å². The summed E-state index contributed by atoms with van der Waals surface area (Å²) in [4.78, 5) is 31.7. The number of thiophene rings is 1. The maximum Gasteiger partial charge on any atom is 0.251 e. The average molecular weight is 337 g/mol. The van der Waals surface area contributed by atoms with Gasteiger partial charge in [-0.2, -0.15) is 0 Å². The van der Waals surface area contributed by atoms with Crippen LogP contribution in [-0.4, -0.2) is 21.6 Å². The van der Waals surface area contributed by atoms with Crippen LogP contribution in [0.4, 0.5) is 0 Å². The number of amides is 1. The van der Waals surface area contributed by atoms with E-state index in [0.29, 0.717) is 5.16 Å². The lowest BCUT2D eigenvalue weighted by Crippen LogP contribution is -2.27. The highest BCUT2D eigenvalue weighted by Gasteiger charge is 2.11. The Hall–Kier alpha value is -1.60. The van der Waals surface area contributed by atoms with Crippen LogP contribution >= 0.6 is 23.1 Å². The first-order valence-corrected chi connectivity index (χ1v) is 9.00. The number of aromatic amines is 1. The Morgan fingerprint density at radius 3 is 3.05 bits per heavy atom. The minimum Gasteiger partial charge on any atom is -0.348 e. The van der Waals surface area contributed by atoms with E-state index < -0.39 is 0 Å². The van der Waals surface area contributed by atoms with Gasteiger partial charge in [-0.3, -0.25) is 9.59 Å². The molecule has 2 rings (SSSR count). The number of aromatic nitrogens is 2. The van der Waals surface area contributed by atoms with Crippen molar-refractivity contribution < 1.29 is 4.79 Å². The van der Waals surface area contributed by atoms with Crippen LogP contribution in [0.1, 0.15) is 36.9 Å². The topological polar surface area (TPSA) is 74.8 Å². The zero-order valence-electron chi connectivity index (χ0n) is 12.6. The summed E-state index contributed by atoms with van der Waals surface area (Å²) in [5, 5.41) is 5.42. The number of H-pyrrole nitrogens is 1. The van der Waals surface area contributed by atoms with Crippen molar-refractivity contribution >= 4 is 29.0 Å². The van der Waals surface area contributed by atoms with Crippen molar-refractivity contribution in [3.8, 4) is 0 Å². The number of hydrogen-bond donors (Lipinski definition) is 2. The minimum absolute atomic E-state index is 0.00784. The molecule has 0 saturated heterocycles. The molecule has 0 bridgehead atoms. The van der Waals surface area contributed by atoms with Crippen molar-refractivity contribution in [2.75, 3.05) is 5.75 Å². The molecule has 2 aromatic rings. The first-order valence-electron chi connectivity index (χ1n) is 7.14. The summed E-state index contributed by atoms with van der Waals surface area (Å²) in [6, 6.07) is 5.46. The third-order valence-corrected chi connectivity index (χ3v) is 4.89. The molecule has 0 saturated carbocycles. The van der Waals surface area contributed by atoms with Crippen molar-refractivity contribution in [2.45, 2.75) is 37.9 Å². The van der Waals surface area contributed by atoms with Crippen LogP contribution in [0.25, 0.3) is 0 Å². The van der Waals surface area contributed by atoms with Gasteiger partial charge in [0.1, 0.15) is 0 Å². The molecule has 0 radical (unpaired) electrons. The van der Waals surface area contributed by atoms with Crippen LogP contribution in [0.5, 0.6) is 0 Å². The quantitative estimate of drug-likeness (QED) is 0.602. The number of nitrogens with zero attached hydrogens (tertiary/aromatic N) is 1. The molecule has 0 aliphatic rings. The molecule has 2 aromatic heterocycles. The fourth-order valence-electron chi connectivity index (χ4n) is 1.96. The molecule has 1 atom stereocenters. The first-order chi connectivity index (χ1) is 10.6. The Labute approximate surface area is 137 Å². The number of hydrogen-bond acceptors (Lipinski definition) is 5. The molecule has 0 aromatic carbocycles. The zero-order valence-corrected chi connectivity index (χ0v) is 14.2. The predicted molar refractivity (Wildman–Crippen MR) is 90.5 cm³/mol. The van der Waals surface area contributed by atoms with Gasteiger partial charge in [-0.25, -0.2) is 4.98 Å². The molecule has 0 aliphatic carbocycles. The second kappa shape index (κ2) is 8.14. The summed E-state index contributed by atoms with van der Waals surface area (Å²) >= 11 is 2.86. The van der Waals surface area contributed by atoms with Gasteiger partial charge in [0.05, 0.1) is 11.8 Å². The highest BCUT2D eigenvalue weighted by atomic mass is 32.2. The largest absolute Gasteiger partial charge is 0.348 e. The molecule has 118 valence electrons. The van der Waals surface area contributed by atoms with Gasteiger partial charge in [0.2, 0.25) is 5.91 Å². The molecule has 0 unspecified atom stereocenters. The molecule has 0 aliphatic heterocycles. The molecule has 7 heteroatoms.